The van der Waals surface area contributed by atoms with Crippen molar-refractivity contribution in [2.45, 2.75) is 26.8 Å². The van der Waals surface area contributed by atoms with E-state index in [9.17, 15) is 4.79 Å². The molecule has 0 spiro atoms. The van der Waals surface area contributed by atoms with Crippen LogP contribution < -0.4 is 19.5 Å². The van der Waals surface area contributed by atoms with E-state index in [1.807, 2.05) is 63.2 Å². The first-order chi connectivity index (χ1) is 12.0. The second kappa shape index (κ2) is 8.97. The molecule has 2 aromatic carbocycles. The molecule has 0 fully saturated rings. The molecular weight excluding hydrogens is 318 g/mol. The molecule has 25 heavy (non-hydrogen) atoms. The lowest BCUT2D eigenvalue weighted by molar-refractivity contribution is -0.123. The number of aryl methyl sites for hydroxylation is 2. The fourth-order valence-corrected chi connectivity index (χ4v) is 2.26. The summed E-state index contributed by atoms with van der Waals surface area (Å²) in [6.45, 7) is 6.20. The molecule has 0 radical (unpaired) electrons. The maximum Gasteiger partial charge on any atom is 0.258 e. The Hall–Kier alpha value is -2.69. The van der Waals surface area contributed by atoms with Crippen LogP contribution in [0.2, 0.25) is 0 Å². The molecule has 1 unspecified atom stereocenters. The highest BCUT2D eigenvalue weighted by atomic mass is 16.5. The lowest BCUT2D eigenvalue weighted by Gasteiger charge is -2.16. The highest BCUT2D eigenvalue weighted by Gasteiger charge is 2.10. The van der Waals surface area contributed by atoms with E-state index in [0.717, 1.165) is 28.4 Å². The second-order valence-electron chi connectivity index (χ2n) is 6.01. The molecule has 1 N–H and O–H groups in total. The number of ether oxygens (including phenoxy) is 3. The van der Waals surface area contributed by atoms with E-state index in [0.29, 0.717) is 6.61 Å². The van der Waals surface area contributed by atoms with E-state index < -0.39 is 0 Å². The Morgan fingerprint density at radius 2 is 1.72 bits per heavy atom. The Kier molecular flexibility index (Phi) is 6.69. The van der Waals surface area contributed by atoms with Gasteiger partial charge in [-0.15, -0.1) is 0 Å². The smallest absolute Gasteiger partial charge is 0.258 e. The molecule has 1 atom stereocenters. The molecule has 0 aliphatic carbocycles. The third-order valence-corrected chi connectivity index (χ3v) is 3.67. The molecule has 0 heterocycles. The number of nitrogens with one attached hydrogen (secondary N) is 1. The maximum atomic E-state index is 12.0. The average molecular weight is 343 g/mol. The predicted octanol–water partition coefficient (Wildman–Crippen LogP) is 3.27. The number of carbonyl (C=O) groups is 1. The van der Waals surface area contributed by atoms with Gasteiger partial charge in [-0.1, -0.05) is 12.1 Å². The summed E-state index contributed by atoms with van der Waals surface area (Å²) in [6, 6.07) is 13.1. The zero-order valence-electron chi connectivity index (χ0n) is 15.2. The molecule has 0 saturated heterocycles. The quantitative estimate of drug-likeness (QED) is 0.799. The fraction of sp³-hybridized carbons (Fsp3) is 0.350. The van der Waals surface area contributed by atoms with E-state index in [2.05, 4.69) is 5.32 Å². The molecule has 0 aliphatic rings. The van der Waals surface area contributed by atoms with E-state index in [-0.39, 0.29) is 18.6 Å². The minimum absolute atomic E-state index is 0.0167. The number of amides is 1. The Balaban J connectivity index is 1.74. The summed E-state index contributed by atoms with van der Waals surface area (Å²) < 4.78 is 16.4. The van der Waals surface area contributed by atoms with E-state index in [1.54, 1.807) is 7.11 Å². The van der Waals surface area contributed by atoms with Crippen molar-refractivity contribution in [3.63, 3.8) is 0 Å². The van der Waals surface area contributed by atoms with Crippen molar-refractivity contribution in [3.8, 4) is 17.2 Å². The van der Waals surface area contributed by atoms with Crippen molar-refractivity contribution >= 4 is 5.91 Å². The molecule has 0 bridgehead atoms. The second-order valence-corrected chi connectivity index (χ2v) is 6.01. The van der Waals surface area contributed by atoms with Crippen molar-refractivity contribution in [1.29, 1.82) is 0 Å². The van der Waals surface area contributed by atoms with E-state index in [1.165, 1.54) is 0 Å². The molecule has 134 valence electrons. The van der Waals surface area contributed by atoms with E-state index >= 15 is 0 Å². The van der Waals surface area contributed by atoms with Crippen LogP contribution in [-0.4, -0.2) is 32.3 Å². The first-order valence-electron chi connectivity index (χ1n) is 8.24. The number of hydrogen-bond acceptors (Lipinski definition) is 4. The van der Waals surface area contributed by atoms with Crippen LogP contribution in [0.25, 0.3) is 0 Å². The summed E-state index contributed by atoms with van der Waals surface area (Å²) in [5.41, 5.74) is 2.11. The minimum Gasteiger partial charge on any atom is -0.497 e. The Morgan fingerprint density at radius 3 is 2.40 bits per heavy atom. The van der Waals surface area contributed by atoms with Crippen LogP contribution >= 0.6 is 0 Å². The number of carbonyl (C=O) groups excluding carboxylic acids is 1. The van der Waals surface area contributed by atoms with Gasteiger partial charge in [0.1, 0.15) is 23.9 Å². The van der Waals surface area contributed by atoms with Crippen molar-refractivity contribution in [2.24, 2.45) is 0 Å². The number of rotatable bonds is 8. The van der Waals surface area contributed by atoms with Crippen molar-refractivity contribution in [3.05, 3.63) is 53.6 Å². The van der Waals surface area contributed by atoms with Crippen molar-refractivity contribution in [2.75, 3.05) is 20.3 Å². The minimum atomic E-state index is -0.174. The number of methoxy groups -OCH3 is 1. The number of benzene rings is 2. The van der Waals surface area contributed by atoms with Gasteiger partial charge in [0.05, 0.1) is 13.2 Å². The summed E-state index contributed by atoms with van der Waals surface area (Å²) >= 11 is 0. The third kappa shape index (κ3) is 6.03. The molecule has 0 aliphatic heterocycles. The summed E-state index contributed by atoms with van der Waals surface area (Å²) in [6.07, 6.45) is 0. The van der Waals surface area contributed by atoms with Gasteiger partial charge >= 0.3 is 0 Å². The molecule has 5 nitrogen and oxygen atoms in total. The van der Waals surface area contributed by atoms with Crippen LogP contribution in [0.1, 0.15) is 18.1 Å². The van der Waals surface area contributed by atoms with Gasteiger partial charge in [0.15, 0.2) is 6.61 Å². The standard InChI is InChI=1S/C20H25NO4/c1-14-5-6-15(2)19(11-14)25-13-20(22)21-16(3)12-24-18-9-7-17(23-4)8-10-18/h5-11,16H,12-13H2,1-4H3,(H,21,22). The van der Waals surface area contributed by atoms with Crippen LogP contribution in [0.5, 0.6) is 17.2 Å². The van der Waals surface area contributed by atoms with Gasteiger partial charge in [-0.05, 0) is 62.2 Å². The van der Waals surface area contributed by atoms with Crippen LogP contribution in [0.4, 0.5) is 0 Å². The zero-order chi connectivity index (χ0) is 18.2. The summed E-state index contributed by atoms with van der Waals surface area (Å²) in [4.78, 5) is 12.0. The van der Waals surface area contributed by atoms with Gasteiger partial charge in [-0.3, -0.25) is 4.79 Å². The number of hydrogen-bond donors (Lipinski definition) is 1. The van der Waals surface area contributed by atoms with Crippen LogP contribution in [0, 0.1) is 13.8 Å². The normalized spacial score (nSPS) is 11.5. The fourth-order valence-electron chi connectivity index (χ4n) is 2.26. The SMILES string of the molecule is COc1ccc(OCC(C)NC(=O)COc2cc(C)ccc2C)cc1. The Bertz CT molecular complexity index is 697. The predicted molar refractivity (Wildman–Crippen MR) is 97.5 cm³/mol. The molecule has 2 aromatic rings. The molecule has 0 saturated carbocycles. The molecule has 2 rings (SSSR count). The lowest BCUT2D eigenvalue weighted by Crippen LogP contribution is -2.39. The highest BCUT2D eigenvalue weighted by Crippen LogP contribution is 2.19. The summed E-state index contributed by atoms with van der Waals surface area (Å²) in [5, 5.41) is 2.86. The van der Waals surface area contributed by atoms with E-state index in [4.69, 9.17) is 14.2 Å². The van der Waals surface area contributed by atoms with Gasteiger partial charge < -0.3 is 19.5 Å². The molecular formula is C20H25NO4. The maximum absolute atomic E-state index is 12.0. The van der Waals surface area contributed by atoms with Crippen LogP contribution in [0.3, 0.4) is 0 Å². The lowest BCUT2D eigenvalue weighted by atomic mass is 10.1. The molecule has 0 aromatic heterocycles. The van der Waals surface area contributed by atoms with Gasteiger partial charge in [-0.2, -0.15) is 0 Å². The topological polar surface area (TPSA) is 56.8 Å². The van der Waals surface area contributed by atoms with Crippen LogP contribution in [-0.2, 0) is 4.79 Å². The van der Waals surface area contributed by atoms with Crippen molar-refractivity contribution in [1.82, 2.24) is 5.32 Å². The molecule has 5 heteroatoms. The van der Waals surface area contributed by atoms with Gasteiger partial charge in [0, 0.05) is 0 Å². The molecule has 1 amide bonds. The zero-order valence-corrected chi connectivity index (χ0v) is 15.2. The van der Waals surface area contributed by atoms with Crippen LogP contribution in [0.15, 0.2) is 42.5 Å². The summed E-state index contributed by atoms with van der Waals surface area (Å²) in [7, 11) is 1.62. The summed E-state index contributed by atoms with van der Waals surface area (Å²) in [5.74, 6) is 2.06. The monoisotopic (exact) mass is 343 g/mol. The Labute approximate surface area is 148 Å². The third-order valence-electron chi connectivity index (χ3n) is 3.67. The largest absolute Gasteiger partial charge is 0.497 e. The Morgan fingerprint density at radius 1 is 1.04 bits per heavy atom. The first kappa shape index (κ1) is 18.6. The van der Waals surface area contributed by atoms with Gasteiger partial charge in [-0.25, -0.2) is 0 Å². The van der Waals surface area contributed by atoms with Crippen molar-refractivity contribution < 1.29 is 19.0 Å². The van der Waals surface area contributed by atoms with Gasteiger partial charge in [0.25, 0.3) is 5.91 Å². The first-order valence-corrected chi connectivity index (χ1v) is 8.24. The highest BCUT2D eigenvalue weighted by molar-refractivity contribution is 5.77. The van der Waals surface area contributed by atoms with Gasteiger partial charge in [0.2, 0.25) is 0 Å². The average Bonchev–Trinajstić information content (AvgIpc) is 2.61.